The average molecular weight is 330 g/mol. The second kappa shape index (κ2) is 7.68. The molecular formula is C18H22N2O4. The smallest absolute Gasteiger partial charge is 0.338 e. The molecule has 6 nitrogen and oxygen atoms in total. The summed E-state index contributed by atoms with van der Waals surface area (Å²) in [6, 6.07) is 6.56. The van der Waals surface area contributed by atoms with Gasteiger partial charge in [-0.2, -0.15) is 0 Å². The predicted octanol–water partition coefficient (Wildman–Crippen LogP) is 2.62. The van der Waals surface area contributed by atoms with Crippen LogP contribution in [-0.2, 0) is 9.53 Å². The minimum atomic E-state index is -0.574. The topological polar surface area (TPSA) is 76.7 Å². The van der Waals surface area contributed by atoms with Crippen molar-refractivity contribution < 1.29 is 19.1 Å². The number of para-hydroxylation sites is 1. The number of hydrogen-bond acceptors (Lipinski definition) is 4. The molecule has 1 aromatic rings. The van der Waals surface area contributed by atoms with Crippen molar-refractivity contribution in [2.45, 2.75) is 32.9 Å². The third-order valence-corrected chi connectivity index (χ3v) is 3.47. The maximum atomic E-state index is 12.3. The van der Waals surface area contributed by atoms with Crippen LogP contribution < -0.4 is 15.4 Å². The average Bonchev–Trinajstić information content (AvgIpc) is 2.51. The number of carbonyl (C=O) groups excluding carboxylic acids is 2. The van der Waals surface area contributed by atoms with Crippen molar-refractivity contribution in [3.05, 3.63) is 47.2 Å². The summed E-state index contributed by atoms with van der Waals surface area (Å²) in [5.74, 6) is 0.255. The van der Waals surface area contributed by atoms with Crippen LogP contribution in [0.2, 0.25) is 0 Å². The minimum absolute atomic E-state index is 0.241. The Balaban J connectivity index is 2.31. The molecule has 0 saturated carbocycles. The Kier molecular flexibility index (Phi) is 5.63. The molecule has 1 atom stereocenters. The lowest BCUT2D eigenvalue weighted by Crippen LogP contribution is -2.49. The van der Waals surface area contributed by atoms with Crippen LogP contribution in [0.1, 0.15) is 26.3 Å². The van der Waals surface area contributed by atoms with Crippen molar-refractivity contribution >= 4 is 18.1 Å². The lowest BCUT2D eigenvalue weighted by atomic mass is 10.0. The van der Waals surface area contributed by atoms with Crippen molar-refractivity contribution in [1.29, 1.82) is 0 Å². The molecule has 0 unspecified atom stereocenters. The quantitative estimate of drug-likeness (QED) is 0.814. The molecule has 2 amide bonds. The molecule has 2 rings (SSSR count). The maximum Gasteiger partial charge on any atom is 0.338 e. The lowest BCUT2D eigenvalue weighted by Gasteiger charge is -2.26. The van der Waals surface area contributed by atoms with Gasteiger partial charge in [-0.05, 0) is 26.8 Å². The minimum Gasteiger partial charge on any atom is -0.496 e. The number of esters is 1. The molecule has 1 aliphatic heterocycles. The van der Waals surface area contributed by atoms with Crippen LogP contribution in [0, 0.1) is 0 Å². The van der Waals surface area contributed by atoms with E-state index in [0.29, 0.717) is 17.0 Å². The van der Waals surface area contributed by atoms with E-state index in [0.717, 1.165) is 5.56 Å². The van der Waals surface area contributed by atoms with Gasteiger partial charge in [0.1, 0.15) is 5.75 Å². The lowest BCUT2D eigenvalue weighted by molar-refractivity contribution is -0.143. The normalized spacial score (nSPS) is 17.7. The zero-order chi connectivity index (χ0) is 17.7. The van der Waals surface area contributed by atoms with E-state index in [1.807, 2.05) is 30.3 Å². The number of amides is 2. The fraction of sp³-hybridized carbons (Fsp3) is 0.333. The monoisotopic (exact) mass is 330 g/mol. The van der Waals surface area contributed by atoms with Gasteiger partial charge in [0.15, 0.2) is 0 Å². The van der Waals surface area contributed by atoms with Gasteiger partial charge >= 0.3 is 12.0 Å². The summed E-state index contributed by atoms with van der Waals surface area (Å²) in [4.78, 5) is 24.1. The summed E-state index contributed by atoms with van der Waals surface area (Å²) < 4.78 is 10.6. The van der Waals surface area contributed by atoms with Crippen molar-refractivity contribution in [3.8, 4) is 5.75 Å². The first-order chi connectivity index (χ1) is 11.4. The van der Waals surface area contributed by atoms with Crippen molar-refractivity contribution in [1.82, 2.24) is 10.6 Å². The number of allylic oxidation sites excluding steroid dienone is 1. The van der Waals surface area contributed by atoms with Crippen LogP contribution in [0.25, 0.3) is 6.08 Å². The number of carbonyl (C=O) groups is 2. The molecule has 6 heteroatoms. The van der Waals surface area contributed by atoms with E-state index < -0.39 is 12.0 Å². The number of ether oxygens (including phenoxy) is 2. The number of rotatable bonds is 5. The second-order valence-electron chi connectivity index (χ2n) is 5.67. The highest BCUT2D eigenvalue weighted by Gasteiger charge is 2.29. The number of methoxy groups -OCH3 is 1. The third-order valence-electron chi connectivity index (χ3n) is 3.47. The Labute approximate surface area is 141 Å². The highest BCUT2D eigenvalue weighted by molar-refractivity contribution is 5.95. The summed E-state index contributed by atoms with van der Waals surface area (Å²) in [7, 11) is 1.59. The number of urea groups is 1. The molecule has 0 aromatic heterocycles. The fourth-order valence-corrected chi connectivity index (χ4v) is 2.43. The maximum absolute atomic E-state index is 12.3. The molecule has 128 valence electrons. The summed E-state index contributed by atoms with van der Waals surface area (Å²) in [6.07, 6.45) is 3.32. The summed E-state index contributed by atoms with van der Waals surface area (Å²) >= 11 is 0. The van der Waals surface area contributed by atoms with Crippen LogP contribution in [0.5, 0.6) is 5.75 Å². The molecule has 0 radical (unpaired) electrons. The SMILES string of the molecule is COc1ccccc1/C=C/[C@@H]1NC(=O)NC(C)=C1C(=O)OC(C)C. The Bertz CT molecular complexity index is 692. The zero-order valence-corrected chi connectivity index (χ0v) is 14.3. The molecule has 0 fully saturated rings. The largest absolute Gasteiger partial charge is 0.496 e. The van der Waals surface area contributed by atoms with Gasteiger partial charge in [0.25, 0.3) is 0 Å². The second-order valence-corrected chi connectivity index (χ2v) is 5.67. The van der Waals surface area contributed by atoms with Crippen LogP contribution in [-0.4, -0.2) is 31.3 Å². The van der Waals surface area contributed by atoms with Gasteiger partial charge in [0, 0.05) is 11.3 Å². The molecule has 1 aliphatic rings. The van der Waals surface area contributed by atoms with E-state index in [2.05, 4.69) is 10.6 Å². The molecule has 0 spiro atoms. The standard InChI is InChI=1S/C18H22N2O4/c1-11(2)24-17(21)16-12(3)19-18(22)20-14(16)10-9-13-7-5-6-8-15(13)23-4/h5-11,14H,1-4H3,(H2,19,20,22)/b10-9+/t14-/m0/s1. The van der Waals surface area contributed by atoms with E-state index in [1.54, 1.807) is 34.0 Å². The van der Waals surface area contributed by atoms with Gasteiger partial charge < -0.3 is 20.1 Å². The Morgan fingerprint density at radius 2 is 2.00 bits per heavy atom. The predicted molar refractivity (Wildman–Crippen MR) is 91.4 cm³/mol. The van der Waals surface area contributed by atoms with Crippen molar-refractivity contribution in [2.75, 3.05) is 7.11 Å². The third kappa shape index (κ3) is 4.16. The molecule has 0 saturated heterocycles. The van der Waals surface area contributed by atoms with Crippen molar-refractivity contribution in [2.24, 2.45) is 0 Å². The summed E-state index contributed by atoms with van der Waals surface area (Å²) in [6.45, 7) is 5.24. The van der Waals surface area contributed by atoms with Gasteiger partial charge in [0.2, 0.25) is 0 Å². The van der Waals surface area contributed by atoms with Gasteiger partial charge in [-0.25, -0.2) is 9.59 Å². The van der Waals surface area contributed by atoms with E-state index in [1.165, 1.54) is 0 Å². The van der Waals surface area contributed by atoms with E-state index in [4.69, 9.17) is 9.47 Å². The first-order valence-electron chi connectivity index (χ1n) is 7.73. The fourth-order valence-electron chi connectivity index (χ4n) is 2.43. The number of hydrogen-bond donors (Lipinski definition) is 2. The first kappa shape index (κ1) is 17.6. The van der Waals surface area contributed by atoms with E-state index in [-0.39, 0.29) is 12.1 Å². The first-order valence-corrected chi connectivity index (χ1v) is 7.73. The number of nitrogens with one attached hydrogen (secondary N) is 2. The van der Waals surface area contributed by atoms with E-state index in [9.17, 15) is 9.59 Å². The van der Waals surface area contributed by atoms with Crippen LogP contribution >= 0.6 is 0 Å². The highest BCUT2D eigenvalue weighted by atomic mass is 16.5. The Morgan fingerprint density at radius 1 is 1.29 bits per heavy atom. The van der Waals surface area contributed by atoms with Crippen LogP contribution in [0.3, 0.4) is 0 Å². The Morgan fingerprint density at radius 3 is 2.67 bits per heavy atom. The van der Waals surface area contributed by atoms with Gasteiger partial charge in [-0.1, -0.05) is 30.4 Å². The molecule has 1 heterocycles. The summed E-state index contributed by atoms with van der Waals surface area (Å²) in [5, 5.41) is 5.33. The molecular weight excluding hydrogens is 308 g/mol. The Hall–Kier alpha value is -2.76. The molecule has 0 aliphatic carbocycles. The summed E-state index contributed by atoms with van der Waals surface area (Å²) in [5.41, 5.74) is 1.72. The van der Waals surface area contributed by atoms with Gasteiger partial charge in [-0.3, -0.25) is 0 Å². The van der Waals surface area contributed by atoms with E-state index >= 15 is 0 Å². The zero-order valence-electron chi connectivity index (χ0n) is 14.3. The molecule has 2 N–H and O–H groups in total. The molecule has 24 heavy (non-hydrogen) atoms. The van der Waals surface area contributed by atoms with Gasteiger partial charge in [-0.15, -0.1) is 0 Å². The number of benzene rings is 1. The molecule has 0 bridgehead atoms. The molecule has 1 aromatic carbocycles. The highest BCUT2D eigenvalue weighted by Crippen LogP contribution is 2.21. The van der Waals surface area contributed by atoms with Gasteiger partial charge in [0.05, 0.1) is 24.8 Å². The van der Waals surface area contributed by atoms with Crippen LogP contribution in [0.15, 0.2) is 41.6 Å². The van der Waals surface area contributed by atoms with Crippen molar-refractivity contribution in [3.63, 3.8) is 0 Å². The van der Waals surface area contributed by atoms with Crippen LogP contribution in [0.4, 0.5) is 4.79 Å².